The van der Waals surface area contributed by atoms with Crippen LogP contribution in [0.4, 0.5) is 0 Å². The highest BCUT2D eigenvalue weighted by molar-refractivity contribution is 5.79. The number of amides is 1. The van der Waals surface area contributed by atoms with E-state index in [1.807, 2.05) is 30.5 Å². The first-order valence-electron chi connectivity index (χ1n) is 7.69. The molecule has 2 aliphatic rings. The predicted octanol–water partition coefficient (Wildman–Crippen LogP) is 2.78. The van der Waals surface area contributed by atoms with Crippen LogP contribution in [0, 0.1) is 17.8 Å². The number of hydrogen-bond donors (Lipinski definition) is 1. The molecule has 1 N–H and O–H groups in total. The molecular formula is C17H22N2O2. The van der Waals surface area contributed by atoms with E-state index in [4.69, 9.17) is 4.74 Å². The van der Waals surface area contributed by atoms with Crippen LogP contribution < -0.4 is 10.2 Å². The van der Waals surface area contributed by atoms with Crippen molar-refractivity contribution < 1.29 is 9.53 Å². The van der Waals surface area contributed by atoms with Gasteiger partial charge in [-0.15, -0.1) is 0 Å². The minimum Gasteiger partial charge on any atom is -0.497 e. The van der Waals surface area contributed by atoms with Gasteiger partial charge >= 0.3 is 0 Å². The summed E-state index contributed by atoms with van der Waals surface area (Å²) in [6.45, 7) is 0. The van der Waals surface area contributed by atoms with Gasteiger partial charge in [0.15, 0.2) is 0 Å². The molecule has 0 spiro atoms. The van der Waals surface area contributed by atoms with Gasteiger partial charge in [-0.25, -0.2) is 5.43 Å². The van der Waals surface area contributed by atoms with Crippen LogP contribution in [0.5, 0.6) is 5.75 Å². The second kappa shape index (κ2) is 6.29. The van der Waals surface area contributed by atoms with Crippen molar-refractivity contribution in [3.8, 4) is 5.75 Å². The molecule has 1 aromatic carbocycles. The number of ether oxygens (including phenoxy) is 1. The topological polar surface area (TPSA) is 50.7 Å². The molecule has 3 rings (SSSR count). The molecular weight excluding hydrogens is 264 g/mol. The number of nitrogens with zero attached hydrogens (tertiary/aromatic N) is 1. The zero-order valence-electron chi connectivity index (χ0n) is 12.4. The summed E-state index contributed by atoms with van der Waals surface area (Å²) < 4.78 is 5.10. The Labute approximate surface area is 125 Å². The highest BCUT2D eigenvalue weighted by Crippen LogP contribution is 2.47. The zero-order valence-corrected chi connectivity index (χ0v) is 12.4. The average Bonchev–Trinajstić information content (AvgIpc) is 3.11. The lowest BCUT2D eigenvalue weighted by Crippen LogP contribution is -2.21. The Hall–Kier alpha value is -1.84. The molecule has 3 atom stereocenters. The van der Waals surface area contributed by atoms with Gasteiger partial charge in [-0.1, -0.05) is 18.6 Å². The predicted molar refractivity (Wildman–Crippen MR) is 82.3 cm³/mol. The molecule has 1 aromatic rings. The van der Waals surface area contributed by atoms with Gasteiger partial charge in [-0.3, -0.25) is 4.79 Å². The van der Waals surface area contributed by atoms with Gasteiger partial charge in [0.25, 0.3) is 0 Å². The first-order valence-corrected chi connectivity index (χ1v) is 7.69. The number of methoxy groups -OCH3 is 1. The van der Waals surface area contributed by atoms with Crippen molar-refractivity contribution in [2.24, 2.45) is 22.9 Å². The third kappa shape index (κ3) is 3.43. The monoisotopic (exact) mass is 286 g/mol. The third-order valence-electron chi connectivity index (χ3n) is 4.77. The van der Waals surface area contributed by atoms with E-state index in [1.165, 1.54) is 25.7 Å². The number of hydrogen-bond acceptors (Lipinski definition) is 3. The highest BCUT2D eigenvalue weighted by atomic mass is 16.5. The lowest BCUT2D eigenvalue weighted by molar-refractivity contribution is -0.120. The second-order valence-electron chi connectivity index (χ2n) is 6.18. The van der Waals surface area contributed by atoms with Crippen LogP contribution in [-0.4, -0.2) is 19.2 Å². The molecule has 2 saturated carbocycles. The van der Waals surface area contributed by atoms with E-state index >= 15 is 0 Å². The zero-order chi connectivity index (χ0) is 14.7. The van der Waals surface area contributed by atoms with Crippen LogP contribution in [0.1, 0.15) is 31.2 Å². The average molecular weight is 286 g/mol. The van der Waals surface area contributed by atoms with E-state index in [9.17, 15) is 4.79 Å². The van der Waals surface area contributed by atoms with Crippen molar-refractivity contribution in [3.63, 3.8) is 0 Å². The Bertz CT molecular complexity index is 524. The molecule has 2 bridgehead atoms. The first-order chi connectivity index (χ1) is 10.2. The lowest BCUT2D eigenvalue weighted by Gasteiger charge is -2.16. The van der Waals surface area contributed by atoms with Crippen LogP contribution in [0.25, 0.3) is 0 Å². The van der Waals surface area contributed by atoms with Crippen molar-refractivity contribution >= 4 is 12.1 Å². The summed E-state index contributed by atoms with van der Waals surface area (Å²) in [4.78, 5) is 11.8. The summed E-state index contributed by atoms with van der Waals surface area (Å²) in [7, 11) is 1.63. The van der Waals surface area contributed by atoms with Crippen molar-refractivity contribution in [1.82, 2.24) is 5.43 Å². The van der Waals surface area contributed by atoms with Crippen LogP contribution in [-0.2, 0) is 11.2 Å². The maximum absolute atomic E-state index is 11.8. The molecule has 2 aliphatic carbocycles. The Kier molecular flexibility index (Phi) is 4.23. The van der Waals surface area contributed by atoms with Gasteiger partial charge < -0.3 is 4.74 Å². The van der Waals surface area contributed by atoms with E-state index in [1.54, 1.807) is 7.11 Å². The van der Waals surface area contributed by atoms with Gasteiger partial charge in [-0.2, -0.15) is 5.10 Å². The smallest absolute Gasteiger partial charge is 0.244 e. The quantitative estimate of drug-likeness (QED) is 0.668. The van der Waals surface area contributed by atoms with E-state index in [0.717, 1.165) is 23.1 Å². The maximum Gasteiger partial charge on any atom is 0.244 e. The van der Waals surface area contributed by atoms with Crippen molar-refractivity contribution in [2.45, 2.75) is 32.1 Å². The summed E-state index contributed by atoms with van der Waals surface area (Å²) >= 11 is 0. The lowest BCUT2D eigenvalue weighted by atomic mass is 9.90. The van der Waals surface area contributed by atoms with Crippen molar-refractivity contribution in [1.29, 1.82) is 0 Å². The molecule has 4 heteroatoms. The molecule has 4 nitrogen and oxygen atoms in total. The summed E-state index contributed by atoms with van der Waals surface area (Å²) in [5, 5.41) is 4.15. The number of carbonyl (C=O) groups excluding carboxylic acids is 1. The normalized spacial score (nSPS) is 27.2. The minimum absolute atomic E-state index is 0.0698. The fourth-order valence-electron chi connectivity index (χ4n) is 3.65. The summed E-state index contributed by atoms with van der Waals surface area (Å²) in [6.07, 6.45) is 7.63. The Morgan fingerprint density at radius 1 is 1.33 bits per heavy atom. The third-order valence-corrected chi connectivity index (χ3v) is 4.77. The SMILES string of the molecule is COc1ccc(CC(=O)N/N=C/C2CC3CCC2C3)cc1. The van der Waals surface area contributed by atoms with E-state index in [-0.39, 0.29) is 5.91 Å². The fourth-order valence-corrected chi connectivity index (χ4v) is 3.65. The van der Waals surface area contributed by atoms with E-state index in [0.29, 0.717) is 12.3 Å². The summed E-state index contributed by atoms with van der Waals surface area (Å²) in [6, 6.07) is 7.53. The first kappa shape index (κ1) is 14.1. The van der Waals surface area contributed by atoms with Crippen LogP contribution in [0.15, 0.2) is 29.4 Å². The Morgan fingerprint density at radius 2 is 2.14 bits per heavy atom. The molecule has 21 heavy (non-hydrogen) atoms. The summed E-state index contributed by atoms with van der Waals surface area (Å²) in [5.41, 5.74) is 3.61. The Balaban J connectivity index is 1.45. The number of carbonyl (C=O) groups is 1. The van der Waals surface area contributed by atoms with Crippen molar-refractivity contribution in [2.75, 3.05) is 7.11 Å². The fraction of sp³-hybridized carbons (Fsp3) is 0.529. The van der Waals surface area contributed by atoms with Crippen LogP contribution >= 0.6 is 0 Å². The molecule has 0 heterocycles. The Morgan fingerprint density at radius 3 is 2.76 bits per heavy atom. The van der Waals surface area contributed by atoms with Crippen LogP contribution in [0.2, 0.25) is 0 Å². The number of benzene rings is 1. The molecule has 0 saturated heterocycles. The van der Waals surface area contributed by atoms with E-state index < -0.39 is 0 Å². The van der Waals surface area contributed by atoms with Gasteiger partial charge in [-0.05, 0) is 54.7 Å². The largest absolute Gasteiger partial charge is 0.497 e. The van der Waals surface area contributed by atoms with Crippen LogP contribution in [0.3, 0.4) is 0 Å². The molecule has 1 amide bonds. The van der Waals surface area contributed by atoms with Gasteiger partial charge in [0, 0.05) is 6.21 Å². The maximum atomic E-state index is 11.8. The number of rotatable bonds is 5. The standard InChI is InChI=1S/C17H22N2O2/c1-21-16-6-3-12(4-7-16)10-17(20)19-18-11-15-9-13-2-5-14(15)8-13/h3-4,6-7,11,13-15H,2,5,8-10H2,1H3,(H,19,20)/b18-11+. The summed E-state index contributed by atoms with van der Waals surface area (Å²) in [5.74, 6) is 3.01. The second-order valence-corrected chi connectivity index (χ2v) is 6.18. The highest BCUT2D eigenvalue weighted by Gasteiger charge is 2.38. The molecule has 112 valence electrons. The van der Waals surface area contributed by atoms with Gasteiger partial charge in [0.05, 0.1) is 13.5 Å². The number of fused-ring (bicyclic) bond motifs is 2. The van der Waals surface area contributed by atoms with E-state index in [2.05, 4.69) is 10.5 Å². The van der Waals surface area contributed by atoms with Gasteiger partial charge in [0.2, 0.25) is 5.91 Å². The molecule has 0 radical (unpaired) electrons. The van der Waals surface area contributed by atoms with Crippen molar-refractivity contribution in [3.05, 3.63) is 29.8 Å². The molecule has 2 fully saturated rings. The number of hydrazone groups is 1. The molecule has 0 aromatic heterocycles. The molecule has 0 aliphatic heterocycles. The molecule has 3 unspecified atom stereocenters. The number of nitrogens with one attached hydrogen (secondary N) is 1. The minimum atomic E-state index is -0.0698. The van der Waals surface area contributed by atoms with Gasteiger partial charge in [0.1, 0.15) is 5.75 Å².